The molecule has 1 aromatic heterocycles. The maximum absolute atomic E-state index is 12.0. The first-order chi connectivity index (χ1) is 10.1. The molecule has 0 aliphatic carbocycles. The Kier molecular flexibility index (Phi) is 4.90. The van der Waals surface area contributed by atoms with E-state index >= 15 is 0 Å². The smallest absolute Gasteiger partial charge is 0.326 e. The topological polar surface area (TPSA) is 79.3 Å². The van der Waals surface area contributed by atoms with E-state index in [-0.39, 0.29) is 6.42 Å². The summed E-state index contributed by atoms with van der Waals surface area (Å²) in [5, 5.41) is 12.2. The Morgan fingerprint density at radius 3 is 2.62 bits per heavy atom. The van der Waals surface area contributed by atoms with Gasteiger partial charge in [0.25, 0.3) is 5.91 Å². The fourth-order valence-corrected chi connectivity index (χ4v) is 2.04. The van der Waals surface area contributed by atoms with Crippen LogP contribution >= 0.6 is 11.6 Å². The lowest BCUT2D eigenvalue weighted by molar-refractivity contribution is -0.139. The number of carboxylic acid groups (broad SMARTS) is 1. The van der Waals surface area contributed by atoms with Gasteiger partial charge in [-0.25, -0.2) is 4.79 Å². The van der Waals surface area contributed by atoms with E-state index in [0.717, 1.165) is 0 Å². The van der Waals surface area contributed by atoms with Crippen LogP contribution in [0.2, 0.25) is 5.02 Å². The molecule has 1 amide bonds. The number of hydrogen-bond acceptors (Lipinski definition) is 3. The van der Waals surface area contributed by atoms with Crippen LogP contribution in [0.3, 0.4) is 0 Å². The molecule has 0 radical (unpaired) electrons. The number of pyridine rings is 1. The molecular formula is C15H13ClN2O3. The molecule has 0 aliphatic rings. The Morgan fingerprint density at radius 2 is 2.00 bits per heavy atom. The molecule has 108 valence electrons. The highest BCUT2D eigenvalue weighted by Crippen LogP contribution is 2.17. The van der Waals surface area contributed by atoms with Gasteiger partial charge in [0.05, 0.1) is 5.56 Å². The van der Waals surface area contributed by atoms with Gasteiger partial charge in [0.2, 0.25) is 0 Å². The fraction of sp³-hybridized carbons (Fsp3) is 0.133. The molecule has 1 heterocycles. The minimum Gasteiger partial charge on any atom is -0.480 e. The first kappa shape index (κ1) is 15.0. The van der Waals surface area contributed by atoms with E-state index in [1.54, 1.807) is 36.4 Å². The molecule has 0 saturated heterocycles. The number of nitrogens with one attached hydrogen (secondary N) is 1. The summed E-state index contributed by atoms with van der Waals surface area (Å²) in [5.74, 6) is -1.60. The quantitative estimate of drug-likeness (QED) is 0.887. The SMILES string of the molecule is O=C(N[C@H](Cc1ccccc1Cl)C(=O)O)c1cccnc1. The second-order valence-electron chi connectivity index (χ2n) is 4.40. The minimum atomic E-state index is -1.12. The van der Waals surface area contributed by atoms with Crippen LogP contribution in [-0.4, -0.2) is 28.0 Å². The number of aliphatic carboxylic acids is 1. The van der Waals surface area contributed by atoms with Crippen molar-refractivity contribution in [2.75, 3.05) is 0 Å². The molecule has 1 aromatic carbocycles. The van der Waals surface area contributed by atoms with E-state index in [2.05, 4.69) is 10.3 Å². The highest BCUT2D eigenvalue weighted by atomic mass is 35.5. The summed E-state index contributed by atoms with van der Waals surface area (Å²) in [6.45, 7) is 0. The highest BCUT2D eigenvalue weighted by Gasteiger charge is 2.22. The van der Waals surface area contributed by atoms with E-state index in [4.69, 9.17) is 11.6 Å². The van der Waals surface area contributed by atoms with Gasteiger partial charge in [0.15, 0.2) is 0 Å². The fourth-order valence-electron chi connectivity index (χ4n) is 1.82. The maximum Gasteiger partial charge on any atom is 0.326 e. The van der Waals surface area contributed by atoms with Gasteiger partial charge in [0, 0.05) is 23.8 Å². The normalized spacial score (nSPS) is 11.7. The molecule has 2 N–H and O–H groups in total. The summed E-state index contributed by atoms with van der Waals surface area (Å²) in [6.07, 6.45) is 3.03. The minimum absolute atomic E-state index is 0.112. The maximum atomic E-state index is 12.0. The van der Waals surface area contributed by atoms with Gasteiger partial charge in [-0.2, -0.15) is 0 Å². The number of benzene rings is 1. The van der Waals surface area contributed by atoms with Crippen molar-refractivity contribution in [1.29, 1.82) is 0 Å². The zero-order valence-corrected chi connectivity index (χ0v) is 11.7. The molecule has 2 rings (SSSR count). The molecule has 0 unspecified atom stereocenters. The number of aromatic nitrogens is 1. The van der Waals surface area contributed by atoms with E-state index in [1.807, 2.05) is 0 Å². The van der Waals surface area contributed by atoms with Crippen LogP contribution in [-0.2, 0) is 11.2 Å². The second kappa shape index (κ2) is 6.85. The number of amides is 1. The number of rotatable bonds is 5. The van der Waals surface area contributed by atoms with Crippen molar-refractivity contribution in [1.82, 2.24) is 10.3 Å². The average Bonchev–Trinajstić information content (AvgIpc) is 2.49. The third-order valence-corrected chi connectivity index (χ3v) is 3.28. The number of hydrogen-bond donors (Lipinski definition) is 2. The number of carbonyl (C=O) groups excluding carboxylic acids is 1. The Bertz CT molecular complexity index is 646. The summed E-state index contributed by atoms with van der Waals surface area (Å²) >= 11 is 6.01. The predicted octanol–water partition coefficient (Wildman–Crippen LogP) is 2.16. The van der Waals surface area contributed by atoms with Crippen LogP contribution in [0.1, 0.15) is 15.9 Å². The van der Waals surface area contributed by atoms with E-state index in [1.165, 1.54) is 12.4 Å². The third kappa shape index (κ3) is 4.03. The van der Waals surface area contributed by atoms with Crippen LogP contribution in [0, 0.1) is 0 Å². The monoisotopic (exact) mass is 304 g/mol. The van der Waals surface area contributed by atoms with Crippen molar-refractivity contribution in [3.05, 3.63) is 64.9 Å². The zero-order chi connectivity index (χ0) is 15.2. The molecule has 0 spiro atoms. The van der Waals surface area contributed by atoms with Gasteiger partial charge in [-0.1, -0.05) is 29.8 Å². The molecule has 6 heteroatoms. The van der Waals surface area contributed by atoms with Gasteiger partial charge in [-0.3, -0.25) is 9.78 Å². The lowest BCUT2D eigenvalue weighted by atomic mass is 10.1. The lowest BCUT2D eigenvalue weighted by Crippen LogP contribution is -2.42. The summed E-state index contributed by atoms with van der Waals surface area (Å²) in [6, 6.07) is 9.05. The van der Waals surface area contributed by atoms with E-state index in [0.29, 0.717) is 16.1 Å². The third-order valence-electron chi connectivity index (χ3n) is 2.91. The van der Waals surface area contributed by atoms with E-state index in [9.17, 15) is 14.7 Å². The Balaban J connectivity index is 2.12. The van der Waals surface area contributed by atoms with Gasteiger partial charge >= 0.3 is 5.97 Å². The van der Waals surface area contributed by atoms with Crippen molar-refractivity contribution in [3.63, 3.8) is 0 Å². The Hall–Kier alpha value is -2.40. The van der Waals surface area contributed by atoms with Gasteiger partial charge < -0.3 is 10.4 Å². The van der Waals surface area contributed by atoms with Crippen molar-refractivity contribution >= 4 is 23.5 Å². The van der Waals surface area contributed by atoms with Gasteiger partial charge in [-0.15, -0.1) is 0 Å². The Labute approximate surface area is 126 Å². The van der Waals surface area contributed by atoms with Crippen LogP contribution in [0.25, 0.3) is 0 Å². The predicted molar refractivity (Wildman–Crippen MR) is 78.3 cm³/mol. The summed E-state index contributed by atoms with van der Waals surface area (Å²) in [4.78, 5) is 27.1. The van der Waals surface area contributed by atoms with Crippen molar-refractivity contribution in [2.24, 2.45) is 0 Å². The number of halogens is 1. The van der Waals surface area contributed by atoms with Crippen molar-refractivity contribution in [3.8, 4) is 0 Å². The molecule has 2 aromatic rings. The second-order valence-corrected chi connectivity index (χ2v) is 4.81. The van der Waals surface area contributed by atoms with Crippen molar-refractivity contribution < 1.29 is 14.7 Å². The zero-order valence-electron chi connectivity index (χ0n) is 11.0. The summed E-state index contributed by atoms with van der Waals surface area (Å²) in [7, 11) is 0. The molecule has 0 fully saturated rings. The van der Waals surface area contributed by atoms with Crippen molar-refractivity contribution in [2.45, 2.75) is 12.5 Å². The largest absolute Gasteiger partial charge is 0.480 e. The number of carbonyl (C=O) groups is 2. The average molecular weight is 305 g/mol. The Morgan fingerprint density at radius 1 is 1.24 bits per heavy atom. The summed E-state index contributed by atoms with van der Waals surface area (Å²) < 4.78 is 0. The molecule has 0 aliphatic heterocycles. The van der Waals surface area contributed by atoms with Crippen LogP contribution < -0.4 is 5.32 Å². The molecular weight excluding hydrogens is 292 g/mol. The molecule has 21 heavy (non-hydrogen) atoms. The number of nitrogens with zero attached hydrogens (tertiary/aromatic N) is 1. The highest BCUT2D eigenvalue weighted by molar-refractivity contribution is 6.31. The standard InChI is InChI=1S/C15H13ClN2O3/c16-12-6-2-1-4-10(12)8-13(15(20)21)18-14(19)11-5-3-7-17-9-11/h1-7,9,13H,8H2,(H,18,19)(H,20,21)/t13-/m1/s1. The van der Waals surface area contributed by atoms with Crippen LogP contribution in [0.15, 0.2) is 48.8 Å². The summed E-state index contributed by atoms with van der Waals surface area (Å²) in [5.41, 5.74) is 0.973. The number of carboxylic acids is 1. The lowest BCUT2D eigenvalue weighted by Gasteiger charge is -2.15. The molecule has 1 atom stereocenters. The molecule has 0 bridgehead atoms. The van der Waals surface area contributed by atoms with Crippen LogP contribution in [0.4, 0.5) is 0 Å². The van der Waals surface area contributed by atoms with E-state index < -0.39 is 17.9 Å². The van der Waals surface area contributed by atoms with Gasteiger partial charge in [-0.05, 0) is 23.8 Å². The molecule has 5 nitrogen and oxygen atoms in total. The first-order valence-corrected chi connectivity index (χ1v) is 6.63. The first-order valence-electron chi connectivity index (χ1n) is 6.25. The van der Waals surface area contributed by atoms with Gasteiger partial charge in [0.1, 0.15) is 6.04 Å². The van der Waals surface area contributed by atoms with Crippen LogP contribution in [0.5, 0.6) is 0 Å². The molecule has 0 saturated carbocycles.